The van der Waals surface area contributed by atoms with Crippen molar-refractivity contribution >= 4 is 10.0 Å². The molecule has 13 heavy (non-hydrogen) atoms. The standard InChI is InChI=1S/C8H10FNO2S/c1-2-6-5-7(9)3-4-8(6)13(10,11)12/h3-5H,2H2,1H3,(H2,10,11,12). The zero-order valence-electron chi connectivity index (χ0n) is 7.12. The summed E-state index contributed by atoms with van der Waals surface area (Å²) in [5.74, 6) is -0.454. The van der Waals surface area contributed by atoms with Gasteiger partial charge in [0.05, 0.1) is 4.90 Å². The van der Waals surface area contributed by atoms with Gasteiger partial charge in [0.25, 0.3) is 0 Å². The van der Waals surface area contributed by atoms with Crippen LogP contribution in [0.1, 0.15) is 12.5 Å². The van der Waals surface area contributed by atoms with Crippen LogP contribution in [0.4, 0.5) is 4.39 Å². The monoisotopic (exact) mass is 203 g/mol. The summed E-state index contributed by atoms with van der Waals surface area (Å²) in [4.78, 5) is -0.00333. The van der Waals surface area contributed by atoms with E-state index >= 15 is 0 Å². The van der Waals surface area contributed by atoms with Crippen LogP contribution in [-0.4, -0.2) is 8.42 Å². The smallest absolute Gasteiger partial charge is 0.225 e. The fraction of sp³-hybridized carbons (Fsp3) is 0.250. The van der Waals surface area contributed by atoms with Gasteiger partial charge in [0.2, 0.25) is 10.0 Å². The molecule has 0 saturated heterocycles. The van der Waals surface area contributed by atoms with Crippen molar-refractivity contribution in [1.29, 1.82) is 0 Å². The summed E-state index contributed by atoms with van der Waals surface area (Å²) in [5.41, 5.74) is 0.405. The molecule has 1 aromatic carbocycles. The van der Waals surface area contributed by atoms with Crippen molar-refractivity contribution in [2.45, 2.75) is 18.2 Å². The van der Waals surface area contributed by atoms with Crippen LogP contribution >= 0.6 is 0 Å². The van der Waals surface area contributed by atoms with Gasteiger partial charge in [-0.3, -0.25) is 0 Å². The first-order valence-corrected chi connectivity index (χ1v) is 5.31. The third kappa shape index (κ3) is 2.26. The van der Waals surface area contributed by atoms with Gasteiger partial charge in [-0.25, -0.2) is 17.9 Å². The van der Waals surface area contributed by atoms with Crippen LogP contribution in [0.5, 0.6) is 0 Å². The van der Waals surface area contributed by atoms with Crippen LogP contribution in [0.25, 0.3) is 0 Å². The number of aryl methyl sites for hydroxylation is 1. The topological polar surface area (TPSA) is 60.2 Å². The van der Waals surface area contributed by atoms with Crippen LogP contribution in [0.3, 0.4) is 0 Å². The molecule has 0 aliphatic carbocycles. The van der Waals surface area contributed by atoms with E-state index in [1.165, 1.54) is 12.1 Å². The number of nitrogens with two attached hydrogens (primary N) is 1. The Hall–Kier alpha value is -0.940. The molecule has 0 unspecified atom stereocenters. The van der Waals surface area contributed by atoms with Crippen molar-refractivity contribution in [2.75, 3.05) is 0 Å². The van der Waals surface area contributed by atoms with E-state index in [4.69, 9.17) is 5.14 Å². The van der Waals surface area contributed by atoms with Gasteiger partial charge in [-0.05, 0) is 30.2 Å². The highest BCUT2D eigenvalue weighted by Crippen LogP contribution is 2.15. The van der Waals surface area contributed by atoms with Crippen molar-refractivity contribution in [3.05, 3.63) is 29.6 Å². The van der Waals surface area contributed by atoms with Crippen molar-refractivity contribution in [2.24, 2.45) is 5.14 Å². The Balaban J connectivity index is 3.39. The van der Waals surface area contributed by atoms with Gasteiger partial charge in [0, 0.05) is 0 Å². The van der Waals surface area contributed by atoms with Gasteiger partial charge >= 0.3 is 0 Å². The van der Waals surface area contributed by atoms with Crippen molar-refractivity contribution in [3.63, 3.8) is 0 Å². The van der Waals surface area contributed by atoms with Gasteiger partial charge in [0.15, 0.2) is 0 Å². The lowest BCUT2D eigenvalue weighted by Crippen LogP contribution is -2.14. The SMILES string of the molecule is CCc1cc(F)ccc1S(N)(=O)=O. The maximum Gasteiger partial charge on any atom is 0.238 e. The molecule has 0 amide bonds. The lowest BCUT2D eigenvalue weighted by atomic mass is 10.2. The minimum absolute atomic E-state index is 0.00333. The number of sulfonamides is 1. The normalized spacial score (nSPS) is 11.6. The van der Waals surface area contributed by atoms with E-state index in [0.29, 0.717) is 12.0 Å². The average molecular weight is 203 g/mol. The third-order valence-electron chi connectivity index (χ3n) is 1.71. The molecule has 0 spiro atoms. The Labute approximate surface area is 76.4 Å². The molecule has 0 aliphatic heterocycles. The Morgan fingerprint density at radius 1 is 1.46 bits per heavy atom. The highest BCUT2D eigenvalue weighted by atomic mass is 32.2. The predicted molar refractivity (Wildman–Crippen MR) is 47.2 cm³/mol. The second kappa shape index (κ2) is 3.43. The summed E-state index contributed by atoms with van der Waals surface area (Å²) in [6.45, 7) is 1.74. The predicted octanol–water partition coefficient (Wildman–Crippen LogP) is 1.04. The molecule has 0 fully saturated rings. The molecule has 0 atom stereocenters. The molecule has 1 aromatic rings. The van der Waals surface area contributed by atoms with Gasteiger partial charge in [0.1, 0.15) is 5.82 Å². The maximum atomic E-state index is 12.7. The highest BCUT2D eigenvalue weighted by Gasteiger charge is 2.12. The molecule has 3 nitrogen and oxygen atoms in total. The van der Waals surface area contributed by atoms with E-state index in [2.05, 4.69) is 0 Å². The fourth-order valence-corrected chi connectivity index (χ4v) is 1.93. The zero-order chi connectivity index (χ0) is 10.1. The molecule has 72 valence electrons. The van der Waals surface area contributed by atoms with Gasteiger partial charge < -0.3 is 0 Å². The Morgan fingerprint density at radius 3 is 2.54 bits per heavy atom. The quantitative estimate of drug-likeness (QED) is 0.780. The van der Waals surface area contributed by atoms with E-state index in [-0.39, 0.29) is 4.90 Å². The fourth-order valence-electron chi connectivity index (χ4n) is 1.10. The van der Waals surface area contributed by atoms with E-state index in [1.54, 1.807) is 6.92 Å². The van der Waals surface area contributed by atoms with E-state index in [0.717, 1.165) is 6.07 Å². The van der Waals surface area contributed by atoms with E-state index in [1.807, 2.05) is 0 Å². The summed E-state index contributed by atoms with van der Waals surface area (Å²) < 4.78 is 34.6. The number of hydrogen-bond acceptors (Lipinski definition) is 2. The molecule has 2 N–H and O–H groups in total. The number of benzene rings is 1. The summed E-state index contributed by atoms with van der Waals surface area (Å²) in [6.07, 6.45) is 0.434. The summed E-state index contributed by atoms with van der Waals surface area (Å²) in [7, 11) is -3.73. The first-order chi connectivity index (χ1) is 5.95. The molecule has 0 bridgehead atoms. The number of halogens is 1. The molecule has 0 aromatic heterocycles. The molecule has 0 heterocycles. The second-order valence-corrected chi connectivity index (χ2v) is 4.18. The Bertz CT molecular complexity index is 414. The van der Waals surface area contributed by atoms with Gasteiger partial charge in [-0.2, -0.15) is 0 Å². The van der Waals surface area contributed by atoms with Crippen LogP contribution in [0.2, 0.25) is 0 Å². The number of primary sulfonamides is 1. The average Bonchev–Trinajstić information content (AvgIpc) is 2.01. The number of hydrogen-bond donors (Lipinski definition) is 1. The lowest BCUT2D eigenvalue weighted by Gasteiger charge is -2.04. The van der Waals surface area contributed by atoms with Gasteiger partial charge in [-0.1, -0.05) is 6.92 Å². The Kier molecular flexibility index (Phi) is 2.68. The zero-order valence-corrected chi connectivity index (χ0v) is 7.94. The molecule has 0 aliphatic rings. The maximum absolute atomic E-state index is 12.7. The van der Waals surface area contributed by atoms with Gasteiger partial charge in [-0.15, -0.1) is 0 Å². The molecular weight excluding hydrogens is 193 g/mol. The summed E-state index contributed by atoms with van der Waals surface area (Å²) in [6, 6.07) is 3.45. The molecular formula is C8H10FNO2S. The van der Waals surface area contributed by atoms with Crippen molar-refractivity contribution < 1.29 is 12.8 Å². The van der Waals surface area contributed by atoms with Crippen molar-refractivity contribution in [1.82, 2.24) is 0 Å². The number of rotatable bonds is 2. The second-order valence-electron chi connectivity index (χ2n) is 2.65. The summed E-state index contributed by atoms with van der Waals surface area (Å²) in [5, 5.41) is 4.93. The minimum Gasteiger partial charge on any atom is -0.225 e. The van der Waals surface area contributed by atoms with Crippen LogP contribution in [0, 0.1) is 5.82 Å². The summed E-state index contributed by atoms with van der Waals surface area (Å²) >= 11 is 0. The van der Waals surface area contributed by atoms with Crippen LogP contribution in [0.15, 0.2) is 23.1 Å². The van der Waals surface area contributed by atoms with Crippen LogP contribution in [-0.2, 0) is 16.4 Å². The van der Waals surface area contributed by atoms with Crippen LogP contribution < -0.4 is 5.14 Å². The largest absolute Gasteiger partial charge is 0.238 e. The first-order valence-electron chi connectivity index (χ1n) is 3.76. The highest BCUT2D eigenvalue weighted by molar-refractivity contribution is 7.89. The van der Waals surface area contributed by atoms with E-state index < -0.39 is 15.8 Å². The first kappa shape index (κ1) is 10.1. The lowest BCUT2D eigenvalue weighted by molar-refractivity contribution is 0.594. The molecule has 1 rings (SSSR count). The minimum atomic E-state index is -3.73. The Morgan fingerprint density at radius 2 is 2.08 bits per heavy atom. The van der Waals surface area contributed by atoms with E-state index in [9.17, 15) is 12.8 Å². The molecule has 0 saturated carbocycles. The third-order valence-corrected chi connectivity index (χ3v) is 2.72. The molecule has 5 heteroatoms. The van der Waals surface area contributed by atoms with Crippen molar-refractivity contribution in [3.8, 4) is 0 Å². The molecule has 0 radical (unpaired) electrons.